The van der Waals surface area contributed by atoms with Gasteiger partial charge in [-0.05, 0) is 24.1 Å². The highest BCUT2D eigenvalue weighted by Crippen LogP contribution is 2.19. The Bertz CT molecular complexity index is 901. The standard InChI is InChI=1S/C29H43NO4/c1-4-5-6-7-8-9-10-11-12-13-14-15-21-30-22-20-27(32)29(28(30)24(2)31)34-23-25-16-18-26(33-3)19-17-25/h16-20,22H,4-15,21,23H2,1-3H3. The average molecular weight is 470 g/mol. The van der Waals surface area contributed by atoms with Gasteiger partial charge >= 0.3 is 0 Å². The van der Waals surface area contributed by atoms with E-state index in [0.29, 0.717) is 12.2 Å². The van der Waals surface area contributed by atoms with Crippen LogP contribution >= 0.6 is 0 Å². The van der Waals surface area contributed by atoms with E-state index in [2.05, 4.69) is 6.92 Å². The molecule has 0 unspecified atom stereocenters. The predicted molar refractivity (Wildman–Crippen MR) is 139 cm³/mol. The second kappa shape index (κ2) is 16.1. The summed E-state index contributed by atoms with van der Waals surface area (Å²) < 4.78 is 12.9. The maximum absolute atomic E-state index is 12.5. The summed E-state index contributed by atoms with van der Waals surface area (Å²) in [6, 6.07) is 8.97. The van der Waals surface area contributed by atoms with E-state index in [1.54, 1.807) is 13.3 Å². The van der Waals surface area contributed by atoms with Gasteiger partial charge in [0.15, 0.2) is 11.5 Å². The molecule has 1 aromatic carbocycles. The number of rotatable bonds is 18. The molecular formula is C29H43NO4. The van der Waals surface area contributed by atoms with Crippen LogP contribution in [0.1, 0.15) is 107 Å². The third kappa shape index (κ3) is 9.74. The van der Waals surface area contributed by atoms with Gasteiger partial charge in [0.05, 0.1) is 7.11 Å². The van der Waals surface area contributed by atoms with Gasteiger partial charge in [0.25, 0.3) is 0 Å². The SMILES string of the molecule is CCCCCCCCCCCCCCn1ccc(=O)c(OCc2ccc(OC)cc2)c1C(C)=O. The molecule has 5 heteroatoms. The first-order valence-corrected chi connectivity index (χ1v) is 13.1. The number of aryl methyl sites for hydroxylation is 1. The van der Waals surface area contributed by atoms with Crippen LogP contribution in [0.25, 0.3) is 0 Å². The number of pyridine rings is 1. The molecular weight excluding hydrogens is 426 g/mol. The van der Waals surface area contributed by atoms with Gasteiger partial charge in [-0.15, -0.1) is 0 Å². The zero-order chi connectivity index (χ0) is 24.6. The van der Waals surface area contributed by atoms with E-state index in [4.69, 9.17) is 9.47 Å². The lowest BCUT2D eigenvalue weighted by molar-refractivity contribution is 0.0997. The van der Waals surface area contributed by atoms with E-state index in [-0.39, 0.29) is 23.6 Å². The molecule has 1 heterocycles. The Balaban J connectivity index is 1.79. The predicted octanol–water partition coefficient (Wildman–Crippen LogP) is 7.34. The van der Waals surface area contributed by atoms with Crippen LogP contribution in [0.4, 0.5) is 0 Å². The number of ketones is 1. The number of hydrogen-bond acceptors (Lipinski definition) is 4. The van der Waals surface area contributed by atoms with Gasteiger partial charge in [0.1, 0.15) is 18.1 Å². The van der Waals surface area contributed by atoms with Crippen molar-refractivity contribution in [2.45, 2.75) is 104 Å². The number of methoxy groups -OCH3 is 1. The number of carbonyl (C=O) groups excluding carboxylic acids is 1. The molecule has 0 saturated carbocycles. The largest absolute Gasteiger partial charge is 0.497 e. The number of benzene rings is 1. The van der Waals surface area contributed by atoms with Crippen molar-refractivity contribution in [1.29, 1.82) is 0 Å². The minimum Gasteiger partial charge on any atom is -0.497 e. The zero-order valence-corrected chi connectivity index (χ0v) is 21.4. The number of aromatic nitrogens is 1. The number of carbonyl (C=O) groups is 1. The molecule has 34 heavy (non-hydrogen) atoms. The smallest absolute Gasteiger partial charge is 0.224 e. The van der Waals surface area contributed by atoms with Gasteiger partial charge in [0.2, 0.25) is 5.43 Å². The van der Waals surface area contributed by atoms with E-state index >= 15 is 0 Å². The summed E-state index contributed by atoms with van der Waals surface area (Å²) in [5.74, 6) is 0.753. The van der Waals surface area contributed by atoms with E-state index < -0.39 is 0 Å². The molecule has 5 nitrogen and oxygen atoms in total. The van der Waals surface area contributed by atoms with Crippen LogP contribution in [0.3, 0.4) is 0 Å². The zero-order valence-electron chi connectivity index (χ0n) is 21.4. The number of Topliss-reactive ketones (excluding diaryl/α,β-unsaturated/α-hetero) is 1. The van der Waals surface area contributed by atoms with Crippen LogP contribution in [0.2, 0.25) is 0 Å². The fraction of sp³-hybridized carbons (Fsp3) is 0.586. The fourth-order valence-corrected chi connectivity index (χ4v) is 4.24. The van der Waals surface area contributed by atoms with Gasteiger partial charge in [-0.1, -0.05) is 89.7 Å². The molecule has 0 radical (unpaired) electrons. The maximum Gasteiger partial charge on any atom is 0.224 e. The van der Waals surface area contributed by atoms with Crippen molar-refractivity contribution in [3.63, 3.8) is 0 Å². The van der Waals surface area contributed by atoms with Gasteiger partial charge in [-0.2, -0.15) is 0 Å². The Kier molecular flexibility index (Phi) is 13.1. The van der Waals surface area contributed by atoms with Crippen LogP contribution in [0.15, 0.2) is 41.3 Å². The molecule has 0 atom stereocenters. The van der Waals surface area contributed by atoms with Crippen LogP contribution in [0, 0.1) is 0 Å². The Morgan fingerprint density at radius 3 is 1.91 bits per heavy atom. The van der Waals surface area contributed by atoms with Gasteiger partial charge in [0, 0.05) is 25.7 Å². The summed E-state index contributed by atoms with van der Waals surface area (Å²) >= 11 is 0. The molecule has 2 aromatic rings. The summed E-state index contributed by atoms with van der Waals surface area (Å²) in [4.78, 5) is 24.9. The summed E-state index contributed by atoms with van der Waals surface area (Å²) in [6.45, 7) is 4.69. The molecule has 0 bridgehead atoms. The highest BCUT2D eigenvalue weighted by molar-refractivity contribution is 5.95. The lowest BCUT2D eigenvalue weighted by Gasteiger charge is -2.16. The van der Waals surface area contributed by atoms with Crippen molar-refractivity contribution in [3.05, 3.63) is 58.0 Å². The van der Waals surface area contributed by atoms with E-state index in [9.17, 15) is 9.59 Å². The number of ether oxygens (including phenoxy) is 2. The number of unbranched alkanes of at least 4 members (excludes halogenated alkanes) is 11. The van der Waals surface area contributed by atoms with E-state index in [1.807, 2.05) is 28.8 Å². The molecule has 1 aromatic heterocycles. The van der Waals surface area contributed by atoms with E-state index in [0.717, 1.165) is 24.2 Å². The molecule has 0 N–H and O–H groups in total. The van der Waals surface area contributed by atoms with Crippen LogP contribution < -0.4 is 14.9 Å². The topological polar surface area (TPSA) is 57.5 Å². The molecule has 2 rings (SSSR count). The molecule has 0 fully saturated rings. The first kappa shape index (κ1) is 27.7. The average Bonchev–Trinajstić information content (AvgIpc) is 2.84. The summed E-state index contributed by atoms with van der Waals surface area (Å²) in [5, 5.41) is 0. The molecule has 0 aliphatic heterocycles. The van der Waals surface area contributed by atoms with Crippen LogP contribution in [-0.2, 0) is 13.2 Å². The van der Waals surface area contributed by atoms with E-state index in [1.165, 1.54) is 77.2 Å². The third-order valence-corrected chi connectivity index (χ3v) is 6.26. The summed E-state index contributed by atoms with van der Waals surface area (Å²) in [5.41, 5.74) is 1.01. The van der Waals surface area contributed by atoms with Crippen LogP contribution in [0.5, 0.6) is 11.5 Å². The van der Waals surface area contributed by atoms with Gasteiger partial charge < -0.3 is 14.0 Å². The minimum absolute atomic E-state index is 0.143. The molecule has 188 valence electrons. The Morgan fingerprint density at radius 1 is 0.824 bits per heavy atom. The Morgan fingerprint density at radius 2 is 1.38 bits per heavy atom. The highest BCUT2D eigenvalue weighted by atomic mass is 16.5. The van der Waals surface area contributed by atoms with Crippen molar-refractivity contribution in [1.82, 2.24) is 4.57 Å². The molecule has 0 saturated heterocycles. The minimum atomic E-state index is -0.260. The lowest BCUT2D eigenvalue weighted by Crippen LogP contribution is -2.19. The Hall–Kier alpha value is -2.56. The fourth-order valence-electron chi connectivity index (χ4n) is 4.24. The molecule has 0 spiro atoms. The maximum atomic E-state index is 12.5. The number of hydrogen-bond donors (Lipinski definition) is 0. The third-order valence-electron chi connectivity index (χ3n) is 6.26. The first-order valence-electron chi connectivity index (χ1n) is 13.1. The second-order valence-electron chi connectivity index (χ2n) is 9.13. The Labute approximate surface area is 205 Å². The van der Waals surface area contributed by atoms with Crippen molar-refractivity contribution >= 4 is 5.78 Å². The molecule has 0 aliphatic carbocycles. The highest BCUT2D eigenvalue weighted by Gasteiger charge is 2.17. The van der Waals surface area contributed by atoms with Crippen molar-refractivity contribution < 1.29 is 14.3 Å². The van der Waals surface area contributed by atoms with Crippen LogP contribution in [-0.4, -0.2) is 17.5 Å². The number of nitrogens with zero attached hydrogens (tertiary/aromatic N) is 1. The second-order valence-corrected chi connectivity index (χ2v) is 9.13. The quantitative estimate of drug-likeness (QED) is 0.169. The van der Waals surface area contributed by atoms with Crippen molar-refractivity contribution in [2.24, 2.45) is 0 Å². The monoisotopic (exact) mass is 469 g/mol. The summed E-state index contributed by atoms with van der Waals surface area (Å²) in [6.07, 6.45) is 17.2. The van der Waals surface area contributed by atoms with Gasteiger partial charge in [-0.3, -0.25) is 9.59 Å². The van der Waals surface area contributed by atoms with Crippen molar-refractivity contribution in [2.75, 3.05) is 7.11 Å². The van der Waals surface area contributed by atoms with Crippen molar-refractivity contribution in [3.8, 4) is 11.5 Å². The summed E-state index contributed by atoms with van der Waals surface area (Å²) in [7, 11) is 1.62. The molecule has 0 amide bonds. The molecule has 0 aliphatic rings. The lowest BCUT2D eigenvalue weighted by atomic mass is 10.1. The first-order chi connectivity index (χ1) is 16.6. The normalized spacial score (nSPS) is 10.9. The van der Waals surface area contributed by atoms with Gasteiger partial charge in [-0.25, -0.2) is 0 Å².